The number of aromatic nitrogens is 2. The topological polar surface area (TPSA) is 73.2 Å². The Balaban J connectivity index is 1.94. The molecule has 0 unspecified atom stereocenters. The lowest BCUT2D eigenvalue weighted by Gasteiger charge is -2.14. The number of anilines is 1. The summed E-state index contributed by atoms with van der Waals surface area (Å²) < 4.78 is 6.65. The number of carbonyl (C=O) groups excluding carboxylic acids is 2. The molecule has 2 aromatic rings. The Bertz CT molecular complexity index is 718. The van der Waals surface area contributed by atoms with Crippen molar-refractivity contribution in [2.45, 2.75) is 32.6 Å². The number of benzene rings is 1. The van der Waals surface area contributed by atoms with Crippen molar-refractivity contribution in [3.63, 3.8) is 0 Å². The zero-order valence-electron chi connectivity index (χ0n) is 13.7. The highest BCUT2D eigenvalue weighted by Crippen LogP contribution is 2.28. The molecule has 0 saturated heterocycles. The van der Waals surface area contributed by atoms with Crippen LogP contribution in [-0.4, -0.2) is 28.3 Å². The lowest BCUT2D eigenvalue weighted by Crippen LogP contribution is -2.23. The summed E-state index contributed by atoms with van der Waals surface area (Å²) in [5, 5.41) is 7.17. The van der Waals surface area contributed by atoms with Gasteiger partial charge in [-0.2, -0.15) is 5.10 Å². The summed E-state index contributed by atoms with van der Waals surface area (Å²) >= 11 is 0. The minimum Gasteiger partial charge on any atom is -0.462 e. The highest BCUT2D eigenvalue weighted by molar-refractivity contribution is 6.01. The Morgan fingerprint density at radius 2 is 1.96 bits per heavy atom. The molecule has 1 N–H and O–H groups in total. The van der Waals surface area contributed by atoms with E-state index in [0.717, 1.165) is 31.4 Å². The third-order valence-electron chi connectivity index (χ3n) is 4.23. The molecule has 1 heterocycles. The Hall–Kier alpha value is -2.63. The minimum absolute atomic E-state index is 0.000770. The largest absolute Gasteiger partial charge is 0.462 e. The van der Waals surface area contributed by atoms with Crippen molar-refractivity contribution in [1.82, 2.24) is 9.78 Å². The predicted octanol–water partition coefficient (Wildman–Crippen LogP) is 3.18. The number of rotatable bonds is 5. The van der Waals surface area contributed by atoms with Crippen LogP contribution in [0.3, 0.4) is 0 Å². The first-order chi connectivity index (χ1) is 11.7. The molecule has 24 heavy (non-hydrogen) atoms. The zero-order valence-corrected chi connectivity index (χ0v) is 13.7. The molecule has 1 saturated carbocycles. The van der Waals surface area contributed by atoms with E-state index in [4.69, 9.17) is 4.74 Å². The molecule has 1 aliphatic rings. The van der Waals surface area contributed by atoms with Gasteiger partial charge in [0.05, 0.1) is 18.5 Å². The molecular weight excluding hydrogens is 306 g/mol. The first-order valence-corrected chi connectivity index (χ1v) is 8.32. The molecule has 1 aromatic carbocycles. The molecule has 6 heteroatoms. The Morgan fingerprint density at radius 3 is 2.62 bits per heavy atom. The van der Waals surface area contributed by atoms with Crippen LogP contribution in [0.2, 0.25) is 0 Å². The molecule has 1 aliphatic carbocycles. The van der Waals surface area contributed by atoms with Crippen LogP contribution in [0, 0.1) is 5.92 Å². The molecule has 1 fully saturated rings. The van der Waals surface area contributed by atoms with Gasteiger partial charge in [0, 0.05) is 5.92 Å². The van der Waals surface area contributed by atoms with E-state index < -0.39 is 5.97 Å². The molecule has 0 spiro atoms. The van der Waals surface area contributed by atoms with E-state index in [-0.39, 0.29) is 24.0 Å². The van der Waals surface area contributed by atoms with Crippen molar-refractivity contribution in [2.75, 3.05) is 11.9 Å². The van der Waals surface area contributed by atoms with E-state index in [0.29, 0.717) is 5.82 Å². The first-order valence-electron chi connectivity index (χ1n) is 8.32. The third kappa shape index (κ3) is 3.32. The molecule has 0 aliphatic heterocycles. The summed E-state index contributed by atoms with van der Waals surface area (Å²) in [5.74, 6) is -0.173. The minimum atomic E-state index is -0.485. The van der Waals surface area contributed by atoms with Crippen molar-refractivity contribution in [2.24, 2.45) is 5.92 Å². The number of carbonyl (C=O) groups is 2. The van der Waals surface area contributed by atoms with Crippen molar-refractivity contribution < 1.29 is 14.3 Å². The van der Waals surface area contributed by atoms with Gasteiger partial charge in [0.15, 0.2) is 5.82 Å². The Labute approximate surface area is 140 Å². The average molecular weight is 327 g/mol. The number of para-hydroxylation sites is 1. The van der Waals surface area contributed by atoms with Gasteiger partial charge in [-0.15, -0.1) is 0 Å². The highest BCUT2D eigenvalue weighted by Gasteiger charge is 2.27. The number of nitrogens with zero attached hydrogens (tertiary/aromatic N) is 2. The fraction of sp³-hybridized carbons (Fsp3) is 0.389. The summed E-state index contributed by atoms with van der Waals surface area (Å²) in [6.07, 6.45) is 5.36. The van der Waals surface area contributed by atoms with Crippen molar-refractivity contribution in [1.29, 1.82) is 0 Å². The molecule has 6 nitrogen and oxygen atoms in total. The van der Waals surface area contributed by atoms with E-state index in [2.05, 4.69) is 10.4 Å². The number of hydrogen-bond acceptors (Lipinski definition) is 4. The fourth-order valence-electron chi connectivity index (χ4n) is 3.00. The smallest absolute Gasteiger partial charge is 0.343 e. The van der Waals surface area contributed by atoms with E-state index in [1.54, 1.807) is 11.6 Å². The lowest BCUT2D eigenvalue weighted by molar-refractivity contribution is -0.119. The summed E-state index contributed by atoms with van der Waals surface area (Å²) in [4.78, 5) is 24.7. The molecule has 1 aromatic heterocycles. The Morgan fingerprint density at radius 1 is 1.25 bits per heavy atom. The maximum Gasteiger partial charge on any atom is 0.343 e. The van der Waals surface area contributed by atoms with E-state index in [1.807, 2.05) is 30.3 Å². The van der Waals surface area contributed by atoms with Crippen LogP contribution in [-0.2, 0) is 9.53 Å². The van der Waals surface area contributed by atoms with Crippen LogP contribution < -0.4 is 5.32 Å². The molecule has 0 bridgehead atoms. The number of ether oxygens (including phenoxy) is 1. The van der Waals surface area contributed by atoms with Crippen LogP contribution in [0.4, 0.5) is 5.82 Å². The van der Waals surface area contributed by atoms with Crippen LogP contribution in [0.1, 0.15) is 43.0 Å². The quantitative estimate of drug-likeness (QED) is 0.856. The van der Waals surface area contributed by atoms with Gasteiger partial charge in [-0.1, -0.05) is 31.0 Å². The number of hydrogen-bond donors (Lipinski definition) is 1. The van der Waals surface area contributed by atoms with Crippen molar-refractivity contribution >= 4 is 17.7 Å². The molecule has 3 rings (SSSR count). The summed E-state index contributed by atoms with van der Waals surface area (Å²) in [7, 11) is 0. The van der Waals surface area contributed by atoms with E-state index in [9.17, 15) is 9.59 Å². The van der Waals surface area contributed by atoms with Gasteiger partial charge >= 0.3 is 5.97 Å². The highest BCUT2D eigenvalue weighted by atomic mass is 16.5. The standard InChI is InChI=1S/C18H21N3O3/c1-2-24-18(23)15-12-19-21(14-10-4-3-5-11-14)16(15)20-17(22)13-8-6-7-9-13/h3-5,10-13H,2,6-9H2,1H3,(H,20,22). The second kappa shape index (κ2) is 7.29. The van der Waals surface area contributed by atoms with Crippen LogP contribution >= 0.6 is 0 Å². The van der Waals surface area contributed by atoms with Gasteiger partial charge in [-0.05, 0) is 31.9 Å². The number of amides is 1. The summed E-state index contributed by atoms with van der Waals surface area (Å²) in [6, 6.07) is 9.39. The van der Waals surface area contributed by atoms with Crippen molar-refractivity contribution in [3.8, 4) is 5.69 Å². The second-order valence-electron chi connectivity index (χ2n) is 5.85. The van der Waals surface area contributed by atoms with Gasteiger partial charge in [-0.3, -0.25) is 4.79 Å². The van der Waals surface area contributed by atoms with Crippen LogP contribution in [0.5, 0.6) is 0 Å². The molecule has 126 valence electrons. The Kier molecular flexibility index (Phi) is 4.93. The van der Waals surface area contributed by atoms with Gasteiger partial charge in [0.2, 0.25) is 5.91 Å². The number of nitrogens with one attached hydrogen (secondary N) is 1. The van der Waals surface area contributed by atoms with Crippen LogP contribution in [0.25, 0.3) is 5.69 Å². The summed E-state index contributed by atoms with van der Waals surface area (Å²) in [6.45, 7) is 2.02. The van der Waals surface area contributed by atoms with E-state index in [1.165, 1.54) is 6.20 Å². The van der Waals surface area contributed by atoms with E-state index >= 15 is 0 Å². The van der Waals surface area contributed by atoms with Crippen molar-refractivity contribution in [3.05, 3.63) is 42.1 Å². The SMILES string of the molecule is CCOC(=O)c1cnn(-c2ccccc2)c1NC(=O)C1CCCC1. The van der Waals surface area contributed by atoms with Crippen LogP contribution in [0.15, 0.2) is 36.5 Å². The normalized spacial score (nSPS) is 14.5. The first kappa shape index (κ1) is 16.2. The predicted molar refractivity (Wildman–Crippen MR) is 90.1 cm³/mol. The average Bonchev–Trinajstić information content (AvgIpc) is 3.26. The number of esters is 1. The molecule has 1 amide bonds. The van der Waals surface area contributed by atoms with Gasteiger partial charge in [0.1, 0.15) is 5.56 Å². The molecule has 0 atom stereocenters. The summed E-state index contributed by atoms with van der Waals surface area (Å²) in [5.41, 5.74) is 1.04. The third-order valence-corrected chi connectivity index (χ3v) is 4.23. The maximum atomic E-state index is 12.5. The van der Waals surface area contributed by atoms with Gasteiger partial charge in [0.25, 0.3) is 0 Å². The molecule has 0 radical (unpaired) electrons. The second-order valence-corrected chi connectivity index (χ2v) is 5.85. The zero-order chi connectivity index (χ0) is 16.9. The lowest BCUT2D eigenvalue weighted by atomic mass is 10.1. The fourth-order valence-corrected chi connectivity index (χ4v) is 3.00. The maximum absolute atomic E-state index is 12.5. The van der Waals surface area contributed by atoms with Gasteiger partial charge in [-0.25, -0.2) is 9.48 Å². The monoisotopic (exact) mass is 327 g/mol. The molecular formula is C18H21N3O3. The van der Waals surface area contributed by atoms with Gasteiger partial charge < -0.3 is 10.1 Å².